The Morgan fingerprint density at radius 1 is 1.06 bits per heavy atom. The van der Waals surface area contributed by atoms with E-state index >= 15 is 0 Å². The Kier molecular flexibility index (Phi) is 6.34. The SMILES string of the molecule is O=C(Nc1ccc(O)c(Cl)c1)[C@@H]1CCN(CC(=O)N2CCN(c3ccc4occc4c3)CC2)C1. The maximum Gasteiger partial charge on any atom is 0.236 e. The lowest BCUT2D eigenvalue weighted by Gasteiger charge is -2.36. The number of phenolic OH excluding ortho intramolecular Hbond substituents is 1. The first-order valence-corrected chi connectivity index (χ1v) is 11.9. The average molecular weight is 483 g/mol. The molecule has 3 aromatic rings. The van der Waals surface area contributed by atoms with Crippen LogP contribution in [0.3, 0.4) is 0 Å². The minimum atomic E-state index is -0.185. The third-order valence-electron chi connectivity index (χ3n) is 6.65. The Morgan fingerprint density at radius 2 is 1.88 bits per heavy atom. The first-order valence-electron chi connectivity index (χ1n) is 11.5. The number of aromatic hydroxyl groups is 1. The monoisotopic (exact) mass is 482 g/mol. The number of likely N-dealkylation sites (tertiary alicyclic amines) is 1. The van der Waals surface area contributed by atoms with Crippen molar-refractivity contribution >= 4 is 45.8 Å². The van der Waals surface area contributed by atoms with Crippen molar-refractivity contribution < 1.29 is 19.1 Å². The maximum atomic E-state index is 12.9. The van der Waals surface area contributed by atoms with E-state index in [1.54, 1.807) is 12.3 Å². The largest absolute Gasteiger partial charge is 0.506 e. The number of piperazine rings is 1. The second-order valence-corrected chi connectivity index (χ2v) is 9.29. The Morgan fingerprint density at radius 3 is 2.68 bits per heavy atom. The van der Waals surface area contributed by atoms with E-state index in [2.05, 4.69) is 27.2 Å². The number of anilines is 2. The number of benzene rings is 2. The predicted molar refractivity (Wildman–Crippen MR) is 131 cm³/mol. The Hall–Kier alpha value is -3.23. The number of rotatable bonds is 5. The molecule has 0 unspecified atom stereocenters. The molecule has 0 bridgehead atoms. The molecule has 2 aromatic carbocycles. The van der Waals surface area contributed by atoms with Gasteiger partial charge in [-0.2, -0.15) is 0 Å². The van der Waals surface area contributed by atoms with Crippen molar-refractivity contribution in [2.24, 2.45) is 5.92 Å². The smallest absolute Gasteiger partial charge is 0.236 e. The summed E-state index contributed by atoms with van der Waals surface area (Å²) in [7, 11) is 0. The van der Waals surface area contributed by atoms with E-state index in [9.17, 15) is 14.7 Å². The van der Waals surface area contributed by atoms with E-state index in [0.717, 1.165) is 29.7 Å². The van der Waals surface area contributed by atoms with Gasteiger partial charge in [0, 0.05) is 49.5 Å². The summed E-state index contributed by atoms with van der Waals surface area (Å²) in [5.41, 5.74) is 2.57. The zero-order valence-electron chi connectivity index (χ0n) is 18.7. The minimum Gasteiger partial charge on any atom is -0.506 e. The molecule has 2 amide bonds. The van der Waals surface area contributed by atoms with Crippen LogP contribution in [0, 0.1) is 5.92 Å². The van der Waals surface area contributed by atoms with Gasteiger partial charge in [0.25, 0.3) is 0 Å². The van der Waals surface area contributed by atoms with Crippen LogP contribution in [0.4, 0.5) is 11.4 Å². The first-order chi connectivity index (χ1) is 16.5. The van der Waals surface area contributed by atoms with Gasteiger partial charge in [-0.25, -0.2) is 0 Å². The van der Waals surface area contributed by atoms with Crippen molar-refractivity contribution in [3.05, 3.63) is 53.8 Å². The fraction of sp³-hybridized carbons (Fsp3) is 0.360. The zero-order chi connectivity index (χ0) is 23.7. The predicted octanol–water partition coefficient (Wildman–Crippen LogP) is 3.40. The van der Waals surface area contributed by atoms with Gasteiger partial charge in [-0.15, -0.1) is 0 Å². The van der Waals surface area contributed by atoms with E-state index in [-0.39, 0.29) is 28.5 Å². The van der Waals surface area contributed by atoms with Crippen molar-refractivity contribution in [3.63, 3.8) is 0 Å². The van der Waals surface area contributed by atoms with Crippen LogP contribution in [0.5, 0.6) is 5.75 Å². The van der Waals surface area contributed by atoms with Crippen molar-refractivity contribution in [2.75, 3.05) is 56.0 Å². The molecule has 5 rings (SSSR count). The van der Waals surface area contributed by atoms with Crippen LogP contribution in [-0.4, -0.2) is 72.5 Å². The van der Waals surface area contributed by atoms with Crippen LogP contribution in [0.25, 0.3) is 11.0 Å². The number of hydrogen-bond acceptors (Lipinski definition) is 6. The summed E-state index contributed by atoms with van der Waals surface area (Å²) in [6.45, 7) is 4.53. The highest BCUT2D eigenvalue weighted by Gasteiger charge is 2.31. The van der Waals surface area contributed by atoms with Gasteiger partial charge in [0.05, 0.1) is 23.7 Å². The summed E-state index contributed by atoms with van der Waals surface area (Å²) in [5.74, 6) is -0.198. The van der Waals surface area contributed by atoms with Gasteiger partial charge in [0.15, 0.2) is 0 Å². The lowest BCUT2D eigenvalue weighted by atomic mass is 10.1. The van der Waals surface area contributed by atoms with E-state index in [1.807, 2.05) is 17.0 Å². The minimum absolute atomic E-state index is 0.0231. The van der Waals surface area contributed by atoms with Gasteiger partial charge in [0.1, 0.15) is 11.3 Å². The number of nitrogens with one attached hydrogen (secondary N) is 1. The molecule has 0 radical (unpaired) electrons. The number of carbonyl (C=O) groups is 2. The van der Waals surface area contributed by atoms with Gasteiger partial charge in [-0.1, -0.05) is 11.6 Å². The molecule has 2 fully saturated rings. The van der Waals surface area contributed by atoms with E-state index < -0.39 is 0 Å². The number of phenols is 1. The molecule has 8 nitrogen and oxygen atoms in total. The molecular weight excluding hydrogens is 456 g/mol. The molecule has 2 saturated heterocycles. The van der Waals surface area contributed by atoms with Crippen molar-refractivity contribution in [1.29, 1.82) is 0 Å². The van der Waals surface area contributed by atoms with Crippen LogP contribution >= 0.6 is 11.6 Å². The number of fused-ring (bicyclic) bond motifs is 1. The van der Waals surface area contributed by atoms with Crippen molar-refractivity contribution in [3.8, 4) is 5.75 Å². The van der Waals surface area contributed by atoms with Gasteiger partial charge >= 0.3 is 0 Å². The van der Waals surface area contributed by atoms with Crippen LogP contribution in [-0.2, 0) is 9.59 Å². The molecule has 0 spiro atoms. The van der Waals surface area contributed by atoms with Gasteiger partial charge in [-0.05, 0) is 55.4 Å². The summed E-state index contributed by atoms with van der Waals surface area (Å²) in [6, 6.07) is 12.7. The van der Waals surface area contributed by atoms with Gasteiger partial charge < -0.3 is 24.6 Å². The number of hydrogen-bond donors (Lipinski definition) is 2. The second kappa shape index (κ2) is 9.56. The first kappa shape index (κ1) is 22.6. The molecule has 2 aliphatic heterocycles. The average Bonchev–Trinajstić information content (AvgIpc) is 3.50. The Labute approximate surface area is 202 Å². The molecule has 0 saturated carbocycles. The summed E-state index contributed by atoms with van der Waals surface area (Å²) in [4.78, 5) is 31.8. The van der Waals surface area contributed by atoms with Crippen LogP contribution in [0.2, 0.25) is 5.02 Å². The summed E-state index contributed by atoms with van der Waals surface area (Å²) >= 11 is 5.91. The Balaban J connectivity index is 1.09. The summed E-state index contributed by atoms with van der Waals surface area (Å²) < 4.78 is 5.42. The lowest BCUT2D eigenvalue weighted by molar-refractivity contribution is -0.132. The van der Waals surface area contributed by atoms with Crippen molar-refractivity contribution in [2.45, 2.75) is 6.42 Å². The molecule has 178 valence electrons. The normalized spacial score (nSPS) is 19.0. The number of carbonyl (C=O) groups excluding carboxylic acids is 2. The highest BCUT2D eigenvalue weighted by molar-refractivity contribution is 6.32. The molecule has 34 heavy (non-hydrogen) atoms. The van der Waals surface area contributed by atoms with Crippen LogP contribution in [0.1, 0.15) is 6.42 Å². The molecule has 9 heteroatoms. The fourth-order valence-electron chi connectivity index (χ4n) is 4.68. The molecule has 0 aliphatic carbocycles. The van der Waals surface area contributed by atoms with Crippen LogP contribution in [0.15, 0.2) is 53.1 Å². The lowest BCUT2D eigenvalue weighted by Crippen LogP contribution is -2.51. The topological polar surface area (TPSA) is 89.3 Å². The van der Waals surface area contributed by atoms with Gasteiger partial charge in [0.2, 0.25) is 11.8 Å². The molecular formula is C25H27ClN4O4. The maximum absolute atomic E-state index is 12.9. The van der Waals surface area contributed by atoms with Gasteiger partial charge in [-0.3, -0.25) is 14.5 Å². The number of amides is 2. The zero-order valence-corrected chi connectivity index (χ0v) is 19.5. The molecule has 1 atom stereocenters. The standard InChI is InChI=1S/C25H27ClN4O4/c26-21-14-19(1-3-22(21)31)27-25(33)18-5-7-28(15-18)16-24(32)30-10-8-29(9-11-30)20-2-4-23-17(13-20)6-12-34-23/h1-4,6,12-14,18,31H,5,7-11,15-16H2,(H,27,33)/t18-/m1/s1. The highest BCUT2D eigenvalue weighted by Crippen LogP contribution is 2.27. The highest BCUT2D eigenvalue weighted by atomic mass is 35.5. The third kappa shape index (κ3) is 4.83. The third-order valence-corrected chi connectivity index (χ3v) is 6.95. The molecule has 2 N–H and O–H groups in total. The Bertz CT molecular complexity index is 1200. The van der Waals surface area contributed by atoms with E-state index in [1.165, 1.54) is 12.1 Å². The summed E-state index contributed by atoms with van der Waals surface area (Å²) in [5, 5.41) is 13.6. The van der Waals surface area contributed by atoms with E-state index in [0.29, 0.717) is 44.8 Å². The quantitative estimate of drug-likeness (QED) is 0.542. The molecule has 2 aliphatic rings. The number of furan rings is 1. The second-order valence-electron chi connectivity index (χ2n) is 8.89. The number of nitrogens with zero attached hydrogens (tertiary/aromatic N) is 3. The molecule has 3 heterocycles. The molecule has 1 aromatic heterocycles. The van der Waals surface area contributed by atoms with Crippen LogP contribution < -0.4 is 10.2 Å². The van der Waals surface area contributed by atoms with Crippen molar-refractivity contribution in [1.82, 2.24) is 9.80 Å². The van der Waals surface area contributed by atoms with E-state index in [4.69, 9.17) is 16.0 Å². The number of halogens is 1. The summed E-state index contributed by atoms with van der Waals surface area (Å²) in [6.07, 6.45) is 2.40. The fourth-order valence-corrected chi connectivity index (χ4v) is 4.86.